The molecule has 32 heavy (non-hydrogen) atoms. The molecule has 2 aliphatic rings. The van der Waals surface area contributed by atoms with E-state index in [4.69, 9.17) is 4.74 Å². The molecule has 2 N–H and O–H groups in total. The fourth-order valence-electron chi connectivity index (χ4n) is 4.70. The minimum absolute atomic E-state index is 0.0749. The van der Waals surface area contributed by atoms with E-state index in [1.54, 1.807) is 36.3 Å². The zero-order valence-corrected chi connectivity index (χ0v) is 18.5. The van der Waals surface area contributed by atoms with Crippen LogP contribution in [-0.2, 0) is 9.59 Å². The lowest BCUT2D eigenvalue weighted by Crippen LogP contribution is -2.68. The predicted molar refractivity (Wildman–Crippen MR) is 122 cm³/mol. The summed E-state index contributed by atoms with van der Waals surface area (Å²) in [5.74, 6) is -0.132. The van der Waals surface area contributed by atoms with Crippen LogP contribution in [0.25, 0.3) is 0 Å². The summed E-state index contributed by atoms with van der Waals surface area (Å²) in [6, 6.07) is 13.3. The van der Waals surface area contributed by atoms with Crippen LogP contribution in [0.15, 0.2) is 48.5 Å². The number of carbonyl (C=O) groups excluding carboxylic acids is 3. The highest BCUT2D eigenvalue weighted by molar-refractivity contribution is 6.01. The molecule has 3 amide bonds. The van der Waals surface area contributed by atoms with Crippen LogP contribution in [-0.4, -0.2) is 47.9 Å². The molecule has 1 saturated heterocycles. The van der Waals surface area contributed by atoms with E-state index in [1.807, 2.05) is 31.2 Å². The zero-order chi connectivity index (χ0) is 22.7. The smallest absolute Gasteiger partial charge is 0.254 e. The van der Waals surface area contributed by atoms with Crippen LogP contribution in [0, 0.1) is 6.92 Å². The molecule has 4 rings (SSSR count). The largest absolute Gasteiger partial charge is 0.497 e. The predicted octanol–water partition coefficient (Wildman–Crippen LogP) is 3.28. The van der Waals surface area contributed by atoms with Crippen LogP contribution in [0.2, 0.25) is 0 Å². The normalized spacial score (nSPS) is 22.5. The SMILES string of the molecule is COc1ccc(C(=O)N2[C@@H](CC(=O)Nc3ccccc3C)C(=O)N[C@@H]3CCCC[C@@H]32)cc1. The van der Waals surface area contributed by atoms with Crippen molar-refractivity contribution in [2.75, 3.05) is 12.4 Å². The van der Waals surface area contributed by atoms with Gasteiger partial charge in [-0.25, -0.2) is 0 Å². The molecule has 168 valence electrons. The van der Waals surface area contributed by atoms with Crippen LogP contribution in [0.1, 0.15) is 48.0 Å². The number of benzene rings is 2. The van der Waals surface area contributed by atoms with Crippen molar-refractivity contribution in [3.63, 3.8) is 0 Å². The third-order valence-electron chi connectivity index (χ3n) is 6.42. The fourth-order valence-corrected chi connectivity index (χ4v) is 4.70. The number of carbonyl (C=O) groups is 3. The first kappa shape index (κ1) is 21.9. The van der Waals surface area contributed by atoms with Crippen molar-refractivity contribution in [2.45, 2.75) is 57.2 Å². The van der Waals surface area contributed by atoms with Gasteiger partial charge in [0.1, 0.15) is 11.8 Å². The van der Waals surface area contributed by atoms with Gasteiger partial charge in [0, 0.05) is 17.3 Å². The van der Waals surface area contributed by atoms with Crippen molar-refractivity contribution in [3.05, 3.63) is 59.7 Å². The lowest BCUT2D eigenvalue weighted by Gasteiger charge is -2.48. The number of methoxy groups -OCH3 is 1. The second-order valence-corrected chi connectivity index (χ2v) is 8.49. The summed E-state index contributed by atoms with van der Waals surface area (Å²) < 4.78 is 5.20. The molecule has 0 bridgehead atoms. The van der Waals surface area contributed by atoms with Gasteiger partial charge in [-0.15, -0.1) is 0 Å². The first-order chi connectivity index (χ1) is 15.5. The van der Waals surface area contributed by atoms with Gasteiger partial charge in [0.25, 0.3) is 5.91 Å². The number of aryl methyl sites for hydroxylation is 1. The van der Waals surface area contributed by atoms with Gasteiger partial charge in [0.05, 0.1) is 19.6 Å². The summed E-state index contributed by atoms with van der Waals surface area (Å²) in [5, 5.41) is 5.96. The number of hydrogen-bond acceptors (Lipinski definition) is 4. The minimum Gasteiger partial charge on any atom is -0.497 e. The molecule has 2 aromatic rings. The number of piperazine rings is 1. The lowest BCUT2D eigenvalue weighted by molar-refractivity contribution is -0.135. The van der Waals surface area contributed by atoms with Gasteiger partial charge in [-0.2, -0.15) is 0 Å². The van der Waals surface area contributed by atoms with Gasteiger partial charge < -0.3 is 20.3 Å². The van der Waals surface area contributed by atoms with Crippen molar-refractivity contribution < 1.29 is 19.1 Å². The molecule has 7 heteroatoms. The monoisotopic (exact) mass is 435 g/mol. The standard InChI is InChI=1S/C25H29N3O4/c1-16-7-3-4-8-19(16)26-23(29)15-22-24(30)27-20-9-5-6-10-21(20)28(22)25(31)17-11-13-18(32-2)14-12-17/h3-4,7-8,11-14,20-22H,5-6,9-10,15H2,1-2H3,(H,26,29)(H,27,30)/t20-,21+,22+/m1/s1. The summed E-state index contributed by atoms with van der Waals surface area (Å²) in [6.45, 7) is 1.91. The molecule has 3 atom stereocenters. The van der Waals surface area contributed by atoms with Gasteiger partial charge in [-0.1, -0.05) is 31.0 Å². The highest BCUT2D eigenvalue weighted by Gasteiger charge is 2.46. The average Bonchev–Trinajstić information content (AvgIpc) is 2.80. The molecular formula is C25H29N3O4. The number of fused-ring (bicyclic) bond motifs is 1. The van der Waals surface area contributed by atoms with E-state index in [0.29, 0.717) is 17.0 Å². The highest BCUT2D eigenvalue weighted by atomic mass is 16.5. The Bertz CT molecular complexity index is 1000. The topological polar surface area (TPSA) is 87.7 Å². The highest BCUT2D eigenvalue weighted by Crippen LogP contribution is 2.31. The van der Waals surface area contributed by atoms with E-state index in [-0.39, 0.29) is 36.2 Å². The Morgan fingerprint density at radius 2 is 1.81 bits per heavy atom. The second kappa shape index (κ2) is 9.42. The lowest BCUT2D eigenvalue weighted by atomic mass is 9.84. The van der Waals surface area contributed by atoms with Gasteiger partial charge >= 0.3 is 0 Å². The molecular weight excluding hydrogens is 406 g/mol. The van der Waals surface area contributed by atoms with Crippen LogP contribution in [0.4, 0.5) is 5.69 Å². The van der Waals surface area contributed by atoms with Gasteiger partial charge in [0.2, 0.25) is 11.8 Å². The maximum Gasteiger partial charge on any atom is 0.254 e. The van der Waals surface area contributed by atoms with Crippen LogP contribution >= 0.6 is 0 Å². The number of hydrogen-bond donors (Lipinski definition) is 2. The third kappa shape index (κ3) is 4.47. The molecule has 0 spiro atoms. The Hall–Kier alpha value is -3.35. The number of ether oxygens (including phenoxy) is 1. The van der Waals surface area contributed by atoms with Gasteiger partial charge in [0.15, 0.2) is 0 Å². The first-order valence-corrected chi connectivity index (χ1v) is 11.1. The number of anilines is 1. The summed E-state index contributed by atoms with van der Waals surface area (Å²) in [4.78, 5) is 41.2. The number of amides is 3. The molecule has 0 radical (unpaired) electrons. The van der Waals surface area contributed by atoms with E-state index in [0.717, 1.165) is 31.2 Å². The van der Waals surface area contributed by atoms with Crippen LogP contribution in [0.3, 0.4) is 0 Å². The number of nitrogens with one attached hydrogen (secondary N) is 2. The summed E-state index contributed by atoms with van der Waals surface area (Å²) >= 11 is 0. The molecule has 0 aromatic heterocycles. The molecule has 0 unspecified atom stereocenters. The second-order valence-electron chi connectivity index (χ2n) is 8.49. The Morgan fingerprint density at radius 3 is 2.53 bits per heavy atom. The van der Waals surface area contributed by atoms with Gasteiger partial charge in [-0.05, 0) is 55.7 Å². The third-order valence-corrected chi connectivity index (χ3v) is 6.42. The Kier molecular flexibility index (Phi) is 6.44. The Balaban J connectivity index is 1.60. The van der Waals surface area contributed by atoms with E-state index >= 15 is 0 Å². The maximum atomic E-state index is 13.6. The molecule has 2 fully saturated rings. The van der Waals surface area contributed by atoms with Crippen LogP contribution < -0.4 is 15.4 Å². The van der Waals surface area contributed by atoms with E-state index in [9.17, 15) is 14.4 Å². The quantitative estimate of drug-likeness (QED) is 0.755. The summed E-state index contributed by atoms with van der Waals surface area (Å²) in [6.07, 6.45) is 3.56. The van der Waals surface area contributed by atoms with Crippen LogP contribution in [0.5, 0.6) is 5.75 Å². The van der Waals surface area contributed by atoms with E-state index in [1.165, 1.54) is 0 Å². The Morgan fingerprint density at radius 1 is 1.09 bits per heavy atom. The summed E-state index contributed by atoms with van der Waals surface area (Å²) in [5.41, 5.74) is 2.12. The molecule has 7 nitrogen and oxygen atoms in total. The average molecular weight is 436 g/mol. The number of rotatable bonds is 5. The molecule has 1 aliphatic heterocycles. The summed E-state index contributed by atoms with van der Waals surface area (Å²) in [7, 11) is 1.57. The minimum atomic E-state index is -0.854. The van der Waals surface area contributed by atoms with Crippen molar-refractivity contribution in [1.29, 1.82) is 0 Å². The fraction of sp³-hybridized carbons (Fsp3) is 0.400. The van der Waals surface area contributed by atoms with Crippen molar-refractivity contribution >= 4 is 23.4 Å². The number of nitrogens with zero attached hydrogens (tertiary/aromatic N) is 1. The first-order valence-electron chi connectivity index (χ1n) is 11.1. The molecule has 1 heterocycles. The molecule has 1 saturated carbocycles. The molecule has 1 aliphatic carbocycles. The van der Waals surface area contributed by atoms with E-state index < -0.39 is 6.04 Å². The number of para-hydroxylation sites is 1. The molecule has 2 aromatic carbocycles. The van der Waals surface area contributed by atoms with Crippen molar-refractivity contribution in [1.82, 2.24) is 10.2 Å². The Labute approximate surface area is 188 Å². The maximum absolute atomic E-state index is 13.6. The van der Waals surface area contributed by atoms with Gasteiger partial charge in [-0.3, -0.25) is 14.4 Å². The van der Waals surface area contributed by atoms with E-state index in [2.05, 4.69) is 10.6 Å². The van der Waals surface area contributed by atoms with Crippen molar-refractivity contribution in [2.24, 2.45) is 0 Å². The zero-order valence-electron chi connectivity index (χ0n) is 18.5. The van der Waals surface area contributed by atoms with Crippen molar-refractivity contribution in [3.8, 4) is 5.75 Å².